The normalized spacial score (nSPS) is 26.8. The van der Waals surface area contributed by atoms with Crippen LogP contribution in [0.25, 0.3) is 0 Å². The quantitative estimate of drug-likeness (QED) is 0.492. The maximum absolute atomic E-state index is 8.88. The molecule has 0 saturated carbocycles. The number of ether oxygens (including phenoxy) is 1. The first-order chi connectivity index (χ1) is 6.27. The topological polar surface area (TPSA) is 36.0 Å². The molecule has 0 bridgehead atoms. The van der Waals surface area contributed by atoms with Crippen LogP contribution in [0, 0.1) is 0 Å². The van der Waals surface area contributed by atoms with Crippen molar-refractivity contribution >= 4 is 11.8 Å². The summed E-state index contributed by atoms with van der Waals surface area (Å²) in [5.74, 6) is 2.07. The molecule has 0 spiro atoms. The van der Waals surface area contributed by atoms with Crippen molar-refractivity contribution in [1.29, 1.82) is 0 Å². The van der Waals surface area contributed by atoms with Gasteiger partial charge in [-0.05, 0) is 13.1 Å². The minimum Gasteiger partial charge on any atom is -0.366 e. The second-order valence-corrected chi connectivity index (χ2v) is 4.32. The van der Waals surface area contributed by atoms with Crippen molar-refractivity contribution in [3.8, 4) is 0 Å². The largest absolute Gasteiger partial charge is 0.366 e. The highest BCUT2D eigenvalue weighted by Crippen LogP contribution is 2.22. The van der Waals surface area contributed by atoms with Crippen molar-refractivity contribution in [1.82, 2.24) is 4.90 Å². The molecule has 1 rings (SSSR count). The second-order valence-electron chi connectivity index (χ2n) is 3.17. The fourth-order valence-corrected chi connectivity index (χ4v) is 2.22. The molecule has 0 amide bonds. The van der Waals surface area contributed by atoms with Gasteiger partial charge >= 0.3 is 0 Å². The molecule has 3 nitrogen and oxygen atoms in total. The van der Waals surface area contributed by atoms with Crippen molar-refractivity contribution in [2.24, 2.45) is 0 Å². The van der Waals surface area contributed by atoms with E-state index in [0.717, 1.165) is 31.1 Å². The average molecular weight is 205 g/mol. The lowest BCUT2D eigenvalue weighted by Crippen LogP contribution is -2.25. The standard InChI is InChI=1S/C9H19NO2S/c1-3-10(4-2)5-6-13-7-8-9(11)12-8/h8-9,11H,3-7H2,1-2H3. The van der Waals surface area contributed by atoms with Gasteiger partial charge in [-0.1, -0.05) is 13.8 Å². The molecule has 0 aliphatic carbocycles. The number of hydrogen-bond acceptors (Lipinski definition) is 4. The lowest BCUT2D eigenvalue weighted by atomic mass is 10.5. The van der Waals surface area contributed by atoms with E-state index < -0.39 is 6.29 Å². The second kappa shape index (κ2) is 5.86. The summed E-state index contributed by atoms with van der Waals surface area (Å²) in [6.45, 7) is 7.75. The van der Waals surface area contributed by atoms with E-state index in [4.69, 9.17) is 9.84 Å². The molecule has 1 fully saturated rings. The fourth-order valence-electron chi connectivity index (χ4n) is 1.19. The van der Waals surface area contributed by atoms with Crippen molar-refractivity contribution in [2.45, 2.75) is 26.2 Å². The Bertz CT molecular complexity index is 142. The Kier molecular flexibility index (Phi) is 5.09. The number of hydrogen-bond donors (Lipinski definition) is 1. The molecule has 0 aromatic carbocycles. The molecular weight excluding hydrogens is 186 g/mol. The molecule has 1 N–H and O–H groups in total. The molecule has 1 aliphatic rings. The zero-order chi connectivity index (χ0) is 9.68. The van der Waals surface area contributed by atoms with Gasteiger partial charge in [0.05, 0.1) is 0 Å². The van der Waals surface area contributed by atoms with Crippen LogP contribution >= 0.6 is 11.8 Å². The van der Waals surface area contributed by atoms with Crippen molar-refractivity contribution in [3.63, 3.8) is 0 Å². The van der Waals surface area contributed by atoms with Crippen molar-refractivity contribution < 1.29 is 9.84 Å². The molecule has 78 valence electrons. The average Bonchev–Trinajstić information content (AvgIpc) is 2.83. The van der Waals surface area contributed by atoms with E-state index in [9.17, 15) is 0 Å². The van der Waals surface area contributed by atoms with Crippen LogP contribution in [-0.4, -0.2) is 53.5 Å². The summed E-state index contributed by atoms with van der Waals surface area (Å²) in [4.78, 5) is 2.40. The van der Waals surface area contributed by atoms with Gasteiger partial charge in [0.15, 0.2) is 6.29 Å². The zero-order valence-electron chi connectivity index (χ0n) is 8.40. The molecule has 13 heavy (non-hydrogen) atoms. The van der Waals surface area contributed by atoms with Crippen LogP contribution in [0.3, 0.4) is 0 Å². The van der Waals surface area contributed by atoms with Crippen LogP contribution in [0.4, 0.5) is 0 Å². The monoisotopic (exact) mass is 205 g/mol. The summed E-state index contributed by atoms with van der Waals surface area (Å²) in [6.07, 6.45) is -0.359. The van der Waals surface area contributed by atoms with Crippen LogP contribution in [0.15, 0.2) is 0 Å². The predicted molar refractivity (Wildman–Crippen MR) is 56.0 cm³/mol. The Balaban J connectivity index is 1.88. The molecule has 4 heteroatoms. The van der Waals surface area contributed by atoms with E-state index in [-0.39, 0.29) is 6.10 Å². The number of rotatable bonds is 7. The maximum Gasteiger partial charge on any atom is 0.182 e. The minimum atomic E-state index is -0.471. The summed E-state index contributed by atoms with van der Waals surface area (Å²) in [6, 6.07) is 0. The van der Waals surface area contributed by atoms with E-state index in [1.54, 1.807) is 0 Å². The number of thioether (sulfide) groups is 1. The van der Waals surface area contributed by atoms with Gasteiger partial charge in [-0.3, -0.25) is 0 Å². The Morgan fingerprint density at radius 2 is 2.00 bits per heavy atom. The van der Waals surface area contributed by atoms with Crippen LogP contribution in [-0.2, 0) is 4.74 Å². The van der Waals surface area contributed by atoms with E-state index >= 15 is 0 Å². The Morgan fingerprint density at radius 1 is 1.38 bits per heavy atom. The Hall–Kier alpha value is 0.230. The fraction of sp³-hybridized carbons (Fsp3) is 1.00. The molecule has 2 unspecified atom stereocenters. The van der Waals surface area contributed by atoms with Gasteiger partial charge in [0, 0.05) is 18.1 Å². The van der Waals surface area contributed by atoms with Gasteiger partial charge in [0.1, 0.15) is 6.10 Å². The van der Waals surface area contributed by atoms with E-state index in [1.165, 1.54) is 0 Å². The summed E-state index contributed by atoms with van der Waals surface area (Å²) < 4.78 is 4.90. The van der Waals surface area contributed by atoms with Gasteiger partial charge < -0.3 is 14.7 Å². The summed E-state index contributed by atoms with van der Waals surface area (Å²) in [7, 11) is 0. The smallest absolute Gasteiger partial charge is 0.182 e. The molecule has 0 aromatic heterocycles. The van der Waals surface area contributed by atoms with Gasteiger partial charge in [0.25, 0.3) is 0 Å². The summed E-state index contributed by atoms with van der Waals surface area (Å²) in [5.41, 5.74) is 0. The van der Waals surface area contributed by atoms with Gasteiger partial charge in [-0.15, -0.1) is 0 Å². The lowest BCUT2D eigenvalue weighted by molar-refractivity contribution is 0.156. The highest BCUT2D eigenvalue weighted by atomic mass is 32.2. The Morgan fingerprint density at radius 3 is 2.46 bits per heavy atom. The van der Waals surface area contributed by atoms with E-state index in [2.05, 4.69) is 18.7 Å². The SMILES string of the molecule is CCN(CC)CCSCC1OC1O. The van der Waals surface area contributed by atoms with Crippen LogP contribution < -0.4 is 0 Å². The maximum atomic E-state index is 8.88. The molecule has 1 saturated heterocycles. The number of nitrogens with zero attached hydrogens (tertiary/aromatic N) is 1. The molecule has 0 aromatic rings. The zero-order valence-corrected chi connectivity index (χ0v) is 9.22. The first-order valence-electron chi connectivity index (χ1n) is 4.91. The number of aliphatic hydroxyl groups is 1. The minimum absolute atomic E-state index is 0.113. The number of aliphatic hydroxyl groups excluding tert-OH is 1. The third-order valence-corrected chi connectivity index (χ3v) is 3.32. The highest BCUT2D eigenvalue weighted by Gasteiger charge is 2.36. The van der Waals surface area contributed by atoms with Gasteiger partial charge in [0.2, 0.25) is 0 Å². The van der Waals surface area contributed by atoms with Crippen LogP contribution in [0.2, 0.25) is 0 Å². The summed E-state index contributed by atoms with van der Waals surface area (Å²) in [5, 5.41) is 8.88. The highest BCUT2D eigenvalue weighted by molar-refractivity contribution is 7.99. The lowest BCUT2D eigenvalue weighted by Gasteiger charge is -2.16. The molecular formula is C9H19NO2S. The molecule has 1 aliphatic heterocycles. The van der Waals surface area contributed by atoms with Crippen molar-refractivity contribution in [2.75, 3.05) is 31.1 Å². The third kappa shape index (κ3) is 4.31. The molecule has 2 atom stereocenters. The van der Waals surface area contributed by atoms with Gasteiger partial charge in [-0.25, -0.2) is 0 Å². The van der Waals surface area contributed by atoms with Crippen molar-refractivity contribution in [3.05, 3.63) is 0 Å². The Labute approximate surface area is 84.4 Å². The van der Waals surface area contributed by atoms with Gasteiger partial charge in [-0.2, -0.15) is 11.8 Å². The van der Waals surface area contributed by atoms with E-state index in [0.29, 0.717) is 0 Å². The first-order valence-corrected chi connectivity index (χ1v) is 6.07. The number of epoxide rings is 1. The van der Waals surface area contributed by atoms with E-state index in [1.807, 2.05) is 11.8 Å². The molecule has 1 heterocycles. The predicted octanol–water partition coefficient (Wildman–Crippen LogP) is 0.779. The molecule has 0 radical (unpaired) electrons. The van der Waals surface area contributed by atoms with Crippen LogP contribution in [0.5, 0.6) is 0 Å². The third-order valence-electron chi connectivity index (χ3n) is 2.28. The first kappa shape index (κ1) is 11.3. The van der Waals surface area contributed by atoms with Crippen LogP contribution in [0.1, 0.15) is 13.8 Å². The summed E-state index contributed by atoms with van der Waals surface area (Å²) >= 11 is 1.86.